The van der Waals surface area contributed by atoms with Crippen LogP contribution in [0.1, 0.15) is 35.5 Å². The molecule has 0 bridgehead atoms. The van der Waals surface area contributed by atoms with Crippen molar-refractivity contribution in [2.24, 2.45) is 0 Å². The number of aromatic nitrogens is 2. The van der Waals surface area contributed by atoms with Crippen LogP contribution in [0.15, 0.2) is 30.3 Å². The molecule has 1 unspecified atom stereocenters. The summed E-state index contributed by atoms with van der Waals surface area (Å²) in [4.78, 5) is 0. The number of nitrogens with one attached hydrogen (secondary N) is 1. The number of benzene rings is 1. The van der Waals surface area contributed by atoms with Gasteiger partial charge in [-0.05, 0) is 43.7 Å². The fourth-order valence-corrected chi connectivity index (χ4v) is 2.49. The van der Waals surface area contributed by atoms with Crippen LogP contribution in [0.3, 0.4) is 0 Å². The first-order valence-corrected chi connectivity index (χ1v) is 6.80. The van der Waals surface area contributed by atoms with E-state index in [9.17, 15) is 0 Å². The van der Waals surface area contributed by atoms with Crippen molar-refractivity contribution in [1.29, 1.82) is 0 Å². The van der Waals surface area contributed by atoms with Crippen LogP contribution in [0.5, 0.6) is 0 Å². The topological polar surface area (TPSA) is 37.8 Å². The zero-order valence-electron chi connectivity index (χ0n) is 11.4. The maximum absolute atomic E-state index is 6.31. The highest BCUT2D eigenvalue weighted by Crippen LogP contribution is 2.29. The number of nitrogens with zero attached hydrogens (tertiary/aromatic N) is 2. The molecule has 1 aromatic heterocycles. The first-order chi connectivity index (χ1) is 9.17. The normalized spacial score (nSPS) is 12.4. The maximum atomic E-state index is 6.31. The summed E-state index contributed by atoms with van der Waals surface area (Å²) in [7, 11) is 1.93. The Morgan fingerprint density at radius 1 is 1.21 bits per heavy atom. The van der Waals surface area contributed by atoms with Gasteiger partial charge in [0.15, 0.2) is 0 Å². The highest BCUT2D eigenvalue weighted by Gasteiger charge is 2.18. The summed E-state index contributed by atoms with van der Waals surface area (Å²) < 4.78 is 0. The summed E-state index contributed by atoms with van der Waals surface area (Å²) in [6.45, 7) is 4.04. The van der Waals surface area contributed by atoms with Gasteiger partial charge < -0.3 is 5.32 Å². The predicted octanol–water partition coefficient (Wildman–Crippen LogP) is 3.31. The van der Waals surface area contributed by atoms with Crippen LogP contribution in [-0.2, 0) is 6.42 Å². The monoisotopic (exact) mass is 275 g/mol. The third-order valence-electron chi connectivity index (χ3n) is 3.18. The molecule has 1 aromatic carbocycles. The molecule has 4 heteroatoms. The molecule has 100 valence electrons. The van der Waals surface area contributed by atoms with Gasteiger partial charge in [0.1, 0.15) is 0 Å². The highest BCUT2D eigenvalue weighted by atomic mass is 35.5. The zero-order valence-corrected chi connectivity index (χ0v) is 12.2. The lowest BCUT2D eigenvalue weighted by molar-refractivity contribution is 0.669. The molecule has 2 rings (SSSR count). The third-order valence-corrected chi connectivity index (χ3v) is 3.52. The van der Waals surface area contributed by atoms with Gasteiger partial charge in [0.2, 0.25) is 0 Å². The molecule has 0 aliphatic carbocycles. The molecule has 2 aromatic rings. The maximum Gasteiger partial charge on any atom is 0.0679 e. The molecular weight excluding hydrogens is 258 g/mol. The van der Waals surface area contributed by atoms with Gasteiger partial charge in [-0.25, -0.2) is 0 Å². The number of halogens is 1. The highest BCUT2D eigenvalue weighted by molar-refractivity contribution is 6.31. The number of rotatable bonds is 4. The largest absolute Gasteiger partial charge is 0.309 e. The summed E-state index contributed by atoms with van der Waals surface area (Å²) in [6.07, 6.45) is 0.852. The molecule has 1 heterocycles. The van der Waals surface area contributed by atoms with Gasteiger partial charge in [-0.15, -0.1) is 0 Å². The fourth-order valence-electron chi connectivity index (χ4n) is 2.25. The zero-order chi connectivity index (χ0) is 13.8. The Morgan fingerprint density at radius 2 is 1.95 bits per heavy atom. The van der Waals surface area contributed by atoms with Crippen molar-refractivity contribution in [3.05, 3.63) is 57.9 Å². The lowest BCUT2D eigenvalue weighted by Gasteiger charge is -2.20. The van der Waals surface area contributed by atoms with E-state index < -0.39 is 0 Å². The van der Waals surface area contributed by atoms with E-state index in [1.807, 2.05) is 38.2 Å². The smallest absolute Gasteiger partial charge is 0.0679 e. The van der Waals surface area contributed by atoms with E-state index in [0.29, 0.717) is 0 Å². The van der Waals surface area contributed by atoms with Crippen LogP contribution in [0, 0.1) is 6.92 Å². The molecule has 0 radical (unpaired) electrons. The Kier molecular flexibility index (Phi) is 4.51. The fraction of sp³-hybridized carbons (Fsp3) is 0.333. The van der Waals surface area contributed by atoms with Gasteiger partial charge in [0.05, 0.1) is 17.4 Å². The summed E-state index contributed by atoms with van der Waals surface area (Å²) in [6, 6.07) is 10.0. The van der Waals surface area contributed by atoms with E-state index in [1.165, 1.54) is 0 Å². The minimum Gasteiger partial charge on any atom is -0.309 e. The molecule has 0 aliphatic rings. The van der Waals surface area contributed by atoms with Crippen molar-refractivity contribution in [2.45, 2.75) is 26.3 Å². The molecule has 0 amide bonds. The Labute approximate surface area is 119 Å². The minimum atomic E-state index is 0.0397. The molecular formula is C15H18ClN3. The van der Waals surface area contributed by atoms with E-state index in [-0.39, 0.29) is 6.04 Å². The average Bonchev–Trinajstić information content (AvgIpc) is 2.42. The van der Waals surface area contributed by atoms with Crippen LogP contribution in [0.2, 0.25) is 5.02 Å². The van der Waals surface area contributed by atoms with Crippen LogP contribution in [-0.4, -0.2) is 17.2 Å². The summed E-state index contributed by atoms with van der Waals surface area (Å²) in [5, 5.41) is 12.5. The van der Waals surface area contributed by atoms with Gasteiger partial charge in [-0.3, -0.25) is 0 Å². The molecule has 0 saturated carbocycles. The van der Waals surface area contributed by atoms with Gasteiger partial charge in [-0.2, -0.15) is 10.2 Å². The van der Waals surface area contributed by atoms with Crippen molar-refractivity contribution in [3.63, 3.8) is 0 Å². The standard InChI is InChI=1S/C15H18ClN3/c1-4-14-12(9-10(2)18-19-14)15(17-3)11-7-5-6-8-13(11)16/h5-9,15,17H,4H2,1-3H3. The Balaban J connectivity index is 2.54. The van der Waals surface area contributed by atoms with E-state index >= 15 is 0 Å². The average molecular weight is 276 g/mol. The lowest BCUT2D eigenvalue weighted by atomic mass is 9.96. The van der Waals surface area contributed by atoms with Crippen molar-refractivity contribution < 1.29 is 0 Å². The second-order valence-corrected chi connectivity index (χ2v) is 4.89. The van der Waals surface area contributed by atoms with Gasteiger partial charge in [0, 0.05) is 5.02 Å². The van der Waals surface area contributed by atoms with Gasteiger partial charge in [-0.1, -0.05) is 36.7 Å². The molecule has 0 aliphatic heterocycles. The SMILES string of the molecule is CCc1nnc(C)cc1C(NC)c1ccccc1Cl. The molecule has 0 spiro atoms. The Bertz CT molecular complexity index is 569. The number of hydrogen-bond donors (Lipinski definition) is 1. The van der Waals surface area contributed by atoms with Crippen LogP contribution in [0.25, 0.3) is 0 Å². The van der Waals surface area contributed by atoms with Crippen LogP contribution < -0.4 is 5.32 Å². The summed E-state index contributed by atoms with van der Waals surface area (Å²) >= 11 is 6.31. The second-order valence-electron chi connectivity index (χ2n) is 4.48. The quantitative estimate of drug-likeness (QED) is 0.930. The van der Waals surface area contributed by atoms with Crippen molar-refractivity contribution in [3.8, 4) is 0 Å². The van der Waals surface area contributed by atoms with Gasteiger partial charge >= 0.3 is 0 Å². The molecule has 3 nitrogen and oxygen atoms in total. The number of aryl methyl sites for hydroxylation is 2. The van der Waals surface area contributed by atoms with E-state index in [1.54, 1.807) is 0 Å². The van der Waals surface area contributed by atoms with E-state index in [0.717, 1.165) is 34.0 Å². The van der Waals surface area contributed by atoms with Crippen molar-refractivity contribution >= 4 is 11.6 Å². The lowest BCUT2D eigenvalue weighted by Crippen LogP contribution is -2.20. The molecule has 0 saturated heterocycles. The Hall–Kier alpha value is -1.45. The second kappa shape index (κ2) is 6.13. The van der Waals surface area contributed by atoms with Crippen molar-refractivity contribution in [1.82, 2.24) is 15.5 Å². The third kappa shape index (κ3) is 2.94. The Morgan fingerprint density at radius 3 is 2.58 bits per heavy atom. The number of hydrogen-bond acceptors (Lipinski definition) is 3. The predicted molar refractivity (Wildman–Crippen MR) is 78.5 cm³/mol. The van der Waals surface area contributed by atoms with Crippen LogP contribution >= 0.6 is 11.6 Å². The molecule has 0 fully saturated rings. The molecule has 1 atom stereocenters. The summed E-state index contributed by atoms with van der Waals surface area (Å²) in [5.74, 6) is 0. The molecule has 19 heavy (non-hydrogen) atoms. The summed E-state index contributed by atoms with van der Waals surface area (Å²) in [5.41, 5.74) is 4.13. The first-order valence-electron chi connectivity index (χ1n) is 6.42. The first kappa shape index (κ1) is 14.0. The minimum absolute atomic E-state index is 0.0397. The van der Waals surface area contributed by atoms with E-state index in [4.69, 9.17) is 11.6 Å². The molecule has 1 N–H and O–H groups in total. The van der Waals surface area contributed by atoms with E-state index in [2.05, 4.69) is 28.5 Å². The van der Waals surface area contributed by atoms with Crippen LogP contribution in [0.4, 0.5) is 0 Å². The van der Waals surface area contributed by atoms with Gasteiger partial charge in [0.25, 0.3) is 0 Å². The van der Waals surface area contributed by atoms with Crippen molar-refractivity contribution in [2.75, 3.05) is 7.05 Å².